The fourth-order valence-corrected chi connectivity index (χ4v) is 4.02. The van der Waals surface area contributed by atoms with Crippen LogP contribution in [0.5, 0.6) is 5.75 Å². The number of carbonyl (C=O) groups is 1. The minimum absolute atomic E-state index is 0.0101. The topological polar surface area (TPSA) is 96.2 Å². The third kappa shape index (κ3) is 10.0. The molecule has 9 heteroatoms. The fourth-order valence-electron chi connectivity index (χ4n) is 4.02. The number of alkyl halides is 3. The van der Waals surface area contributed by atoms with Crippen molar-refractivity contribution < 1.29 is 42.8 Å². The van der Waals surface area contributed by atoms with E-state index in [2.05, 4.69) is 0 Å². The van der Waals surface area contributed by atoms with Crippen LogP contribution in [-0.2, 0) is 15.7 Å². The zero-order valence-corrected chi connectivity index (χ0v) is 20.0. The second-order valence-corrected chi connectivity index (χ2v) is 9.04. The van der Waals surface area contributed by atoms with E-state index in [-0.39, 0.29) is 42.7 Å². The fraction of sp³-hybridized carbons (Fsp3) is 0.577. The summed E-state index contributed by atoms with van der Waals surface area (Å²) in [6.07, 6.45) is 2.09. The molecular weight excluding hydrogens is 465 g/mol. The summed E-state index contributed by atoms with van der Waals surface area (Å²) in [5.74, 6) is -0.883. The van der Waals surface area contributed by atoms with Crippen LogP contribution in [0.3, 0.4) is 0 Å². The number of carbonyl (C=O) groups excluding carboxylic acids is 1. The van der Waals surface area contributed by atoms with Crippen molar-refractivity contribution in [3.63, 3.8) is 0 Å². The van der Waals surface area contributed by atoms with E-state index in [1.807, 2.05) is 12.2 Å². The minimum atomic E-state index is -4.49. The van der Waals surface area contributed by atoms with Gasteiger partial charge in [-0.05, 0) is 57.2 Å². The van der Waals surface area contributed by atoms with Gasteiger partial charge in [-0.3, -0.25) is 4.79 Å². The largest absolute Gasteiger partial charge is 0.491 e. The highest BCUT2D eigenvalue weighted by Crippen LogP contribution is 2.36. The van der Waals surface area contributed by atoms with Gasteiger partial charge >= 0.3 is 12.1 Å². The first-order valence-corrected chi connectivity index (χ1v) is 11.8. The van der Waals surface area contributed by atoms with Gasteiger partial charge in [0.1, 0.15) is 18.5 Å². The lowest BCUT2D eigenvalue weighted by Crippen LogP contribution is -2.21. The molecule has 0 aliphatic heterocycles. The molecule has 6 nitrogen and oxygen atoms in total. The molecule has 1 aromatic carbocycles. The molecule has 1 aliphatic rings. The number of hydrogen-bond acceptors (Lipinski definition) is 6. The molecule has 35 heavy (non-hydrogen) atoms. The molecule has 2 rings (SSSR count). The standard InChI is InChI=1S/C26H35F3O6/c1-17(2)35-25(33)11-6-4-3-5-10-21-22(24(32)15-23(21)31)13-12-19(30)16-34-20-9-7-8-18(14-20)26(27,28)29/h3,5,7-9,12-14,17,19,21-24,30-32H,4,6,10-11,15-16H2,1-2H3/b5-3-,13-12+/t19-,21?,22-,23+,24-/m1/s1. The Morgan fingerprint density at radius 1 is 1.20 bits per heavy atom. The Morgan fingerprint density at radius 2 is 1.94 bits per heavy atom. The lowest BCUT2D eigenvalue weighted by molar-refractivity contribution is -0.147. The number of allylic oxidation sites excluding steroid dienone is 2. The first kappa shape index (κ1) is 28.9. The van der Waals surface area contributed by atoms with Gasteiger partial charge in [0.25, 0.3) is 0 Å². The molecule has 1 aliphatic carbocycles. The van der Waals surface area contributed by atoms with E-state index < -0.39 is 30.1 Å². The number of rotatable bonds is 12. The predicted octanol–water partition coefficient (Wildman–Crippen LogP) is 4.43. The summed E-state index contributed by atoms with van der Waals surface area (Å²) in [6.45, 7) is 3.34. The van der Waals surface area contributed by atoms with E-state index in [1.165, 1.54) is 18.2 Å². The summed E-state index contributed by atoms with van der Waals surface area (Å²) in [4.78, 5) is 11.5. The summed E-state index contributed by atoms with van der Waals surface area (Å²) in [7, 11) is 0. The van der Waals surface area contributed by atoms with Crippen molar-refractivity contribution in [1.29, 1.82) is 0 Å². The normalized spacial score (nSPS) is 23.9. The predicted molar refractivity (Wildman–Crippen MR) is 125 cm³/mol. The summed E-state index contributed by atoms with van der Waals surface area (Å²) in [5.41, 5.74) is -0.838. The second-order valence-electron chi connectivity index (χ2n) is 9.04. The average Bonchev–Trinajstić information content (AvgIpc) is 3.04. The molecule has 3 N–H and O–H groups in total. The first-order valence-electron chi connectivity index (χ1n) is 11.8. The second kappa shape index (κ2) is 13.7. The SMILES string of the molecule is CC(C)OC(=O)CCC/C=C\CC1[C@@H](/C=C/[C@@H](O)COc2cccc(C(F)(F)F)c2)[C@H](O)C[C@@H]1O. The monoisotopic (exact) mass is 500 g/mol. The van der Waals surface area contributed by atoms with E-state index in [4.69, 9.17) is 9.47 Å². The van der Waals surface area contributed by atoms with Crippen LogP contribution in [0.2, 0.25) is 0 Å². The molecule has 1 unspecified atom stereocenters. The number of esters is 1. The van der Waals surface area contributed by atoms with Gasteiger partial charge in [-0.25, -0.2) is 0 Å². The van der Waals surface area contributed by atoms with Crippen molar-refractivity contribution in [1.82, 2.24) is 0 Å². The zero-order chi connectivity index (χ0) is 26.0. The highest BCUT2D eigenvalue weighted by Gasteiger charge is 2.39. The van der Waals surface area contributed by atoms with Gasteiger partial charge in [0, 0.05) is 18.8 Å². The van der Waals surface area contributed by atoms with Crippen LogP contribution in [0.4, 0.5) is 13.2 Å². The Hall–Kier alpha value is -2.36. The van der Waals surface area contributed by atoms with E-state index in [1.54, 1.807) is 19.9 Å². The summed E-state index contributed by atoms with van der Waals surface area (Å²) in [5, 5.41) is 30.8. The molecule has 196 valence electrons. The zero-order valence-electron chi connectivity index (χ0n) is 20.0. The highest BCUT2D eigenvalue weighted by atomic mass is 19.4. The lowest BCUT2D eigenvalue weighted by atomic mass is 9.89. The van der Waals surface area contributed by atoms with Gasteiger partial charge in [0.05, 0.1) is 23.9 Å². The van der Waals surface area contributed by atoms with Gasteiger partial charge in [0.15, 0.2) is 0 Å². The number of aliphatic hydroxyl groups excluding tert-OH is 3. The van der Waals surface area contributed by atoms with Crippen molar-refractivity contribution in [2.24, 2.45) is 11.8 Å². The van der Waals surface area contributed by atoms with Crippen LogP contribution >= 0.6 is 0 Å². The molecular formula is C26H35F3O6. The van der Waals surface area contributed by atoms with Crippen LogP contribution in [0.25, 0.3) is 0 Å². The number of hydrogen-bond donors (Lipinski definition) is 3. The number of halogens is 3. The van der Waals surface area contributed by atoms with Crippen LogP contribution in [0, 0.1) is 11.8 Å². The Balaban J connectivity index is 1.82. The van der Waals surface area contributed by atoms with Crippen LogP contribution < -0.4 is 4.74 Å². The van der Waals surface area contributed by atoms with E-state index >= 15 is 0 Å². The molecule has 0 radical (unpaired) electrons. The Labute approximate surface area is 204 Å². The summed E-state index contributed by atoms with van der Waals surface area (Å²) >= 11 is 0. The van der Waals surface area contributed by atoms with E-state index in [0.29, 0.717) is 25.7 Å². The van der Waals surface area contributed by atoms with Crippen LogP contribution in [0.15, 0.2) is 48.6 Å². The molecule has 0 amide bonds. The maximum atomic E-state index is 12.8. The molecule has 0 aromatic heterocycles. The summed E-state index contributed by atoms with van der Waals surface area (Å²) in [6, 6.07) is 4.40. The summed E-state index contributed by atoms with van der Waals surface area (Å²) < 4.78 is 48.8. The van der Waals surface area contributed by atoms with Gasteiger partial charge in [-0.15, -0.1) is 0 Å². The molecule has 1 fully saturated rings. The number of benzene rings is 1. The quantitative estimate of drug-likeness (QED) is 0.223. The Kier molecular flexibility index (Phi) is 11.3. The van der Waals surface area contributed by atoms with Gasteiger partial charge < -0.3 is 24.8 Å². The first-order chi connectivity index (χ1) is 16.5. The third-order valence-electron chi connectivity index (χ3n) is 5.75. The van der Waals surface area contributed by atoms with Crippen molar-refractivity contribution in [2.45, 2.75) is 76.5 Å². The Bertz CT molecular complexity index is 852. The maximum absolute atomic E-state index is 12.8. The van der Waals surface area contributed by atoms with E-state index in [0.717, 1.165) is 12.1 Å². The molecule has 0 spiro atoms. The lowest BCUT2D eigenvalue weighted by Gasteiger charge is -2.19. The molecule has 0 saturated heterocycles. The molecule has 1 saturated carbocycles. The molecule has 0 heterocycles. The molecule has 5 atom stereocenters. The van der Waals surface area contributed by atoms with Gasteiger partial charge in [0.2, 0.25) is 0 Å². The Morgan fingerprint density at radius 3 is 2.63 bits per heavy atom. The van der Waals surface area contributed by atoms with Crippen LogP contribution in [-0.4, -0.2) is 52.3 Å². The number of aliphatic hydroxyl groups is 3. The van der Waals surface area contributed by atoms with Crippen molar-refractivity contribution in [3.05, 3.63) is 54.1 Å². The van der Waals surface area contributed by atoms with Crippen molar-refractivity contribution in [3.8, 4) is 5.75 Å². The molecule has 0 bridgehead atoms. The highest BCUT2D eigenvalue weighted by molar-refractivity contribution is 5.69. The van der Waals surface area contributed by atoms with Crippen molar-refractivity contribution in [2.75, 3.05) is 6.61 Å². The maximum Gasteiger partial charge on any atom is 0.416 e. The smallest absolute Gasteiger partial charge is 0.416 e. The number of unbranched alkanes of at least 4 members (excludes halogenated alkanes) is 1. The van der Waals surface area contributed by atoms with Crippen LogP contribution in [0.1, 0.15) is 51.5 Å². The van der Waals surface area contributed by atoms with Gasteiger partial charge in [-0.1, -0.05) is 30.4 Å². The average molecular weight is 501 g/mol. The van der Waals surface area contributed by atoms with Gasteiger partial charge in [-0.2, -0.15) is 13.2 Å². The minimum Gasteiger partial charge on any atom is -0.491 e. The van der Waals surface area contributed by atoms with E-state index in [9.17, 15) is 33.3 Å². The third-order valence-corrected chi connectivity index (χ3v) is 5.75. The molecule has 1 aromatic rings. The van der Waals surface area contributed by atoms with Crippen molar-refractivity contribution >= 4 is 5.97 Å². The number of ether oxygens (including phenoxy) is 2.